The van der Waals surface area contributed by atoms with Gasteiger partial charge in [0.25, 0.3) is 5.91 Å². The van der Waals surface area contributed by atoms with Crippen molar-refractivity contribution in [3.63, 3.8) is 0 Å². The van der Waals surface area contributed by atoms with Crippen LogP contribution in [0, 0.1) is 6.92 Å². The number of sulfonamides is 1. The van der Waals surface area contributed by atoms with Crippen LogP contribution >= 0.6 is 22.9 Å². The van der Waals surface area contributed by atoms with Gasteiger partial charge in [-0.2, -0.15) is 0 Å². The van der Waals surface area contributed by atoms with Crippen LogP contribution in [0.3, 0.4) is 0 Å². The van der Waals surface area contributed by atoms with Crippen molar-refractivity contribution in [3.8, 4) is 16.3 Å². The molecule has 0 fully saturated rings. The molecule has 1 N–H and O–H groups in total. The molecule has 11 heteroatoms. The standard InChI is InChI=1S/C20H19ClN4O4S2/c1-12-3-5-13(6-4-12)19-23-24-20(30-19)22-18(26)17-9-10-25(31(2,27)28)15-11-14(21)7-8-16(15)29-17/h3-8,11,17H,9-10H2,1-2H3,(H,22,24,26)/t17-/m0/s1. The van der Waals surface area contributed by atoms with Crippen molar-refractivity contribution in [3.05, 3.63) is 53.1 Å². The van der Waals surface area contributed by atoms with Crippen molar-refractivity contribution < 1.29 is 17.9 Å². The molecule has 0 unspecified atom stereocenters. The first-order valence-electron chi connectivity index (χ1n) is 9.36. The van der Waals surface area contributed by atoms with E-state index in [4.69, 9.17) is 16.3 Å². The summed E-state index contributed by atoms with van der Waals surface area (Å²) in [5, 5.41) is 12.3. The maximum absolute atomic E-state index is 12.9. The largest absolute Gasteiger partial charge is 0.478 e. The number of fused-ring (bicyclic) bond motifs is 1. The van der Waals surface area contributed by atoms with Crippen LogP contribution < -0.4 is 14.4 Å². The number of aryl methyl sites for hydroxylation is 1. The van der Waals surface area contributed by atoms with Gasteiger partial charge in [-0.15, -0.1) is 10.2 Å². The molecule has 4 rings (SSSR count). The van der Waals surface area contributed by atoms with Crippen LogP contribution in [0.5, 0.6) is 5.75 Å². The zero-order chi connectivity index (χ0) is 22.2. The summed E-state index contributed by atoms with van der Waals surface area (Å²) in [6.07, 6.45) is 0.360. The fourth-order valence-electron chi connectivity index (χ4n) is 3.15. The van der Waals surface area contributed by atoms with E-state index in [1.54, 1.807) is 12.1 Å². The second kappa shape index (κ2) is 8.45. The molecule has 0 spiro atoms. The summed E-state index contributed by atoms with van der Waals surface area (Å²) in [7, 11) is -3.58. The minimum Gasteiger partial charge on any atom is -0.478 e. The van der Waals surface area contributed by atoms with Gasteiger partial charge in [-0.05, 0) is 25.1 Å². The number of hydrogen-bond acceptors (Lipinski definition) is 7. The smallest absolute Gasteiger partial charge is 0.267 e. The fraction of sp³-hybridized carbons (Fsp3) is 0.250. The molecular formula is C20H19ClN4O4S2. The van der Waals surface area contributed by atoms with Gasteiger partial charge in [0.05, 0.1) is 11.9 Å². The highest BCUT2D eigenvalue weighted by molar-refractivity contribution is 7.92. The molecule has 31 heavy (non-hydrogen) atoms. The van der Waals surface area contributed by atoms with Gasteiger partial charge < -0.3 is 4.74 Å². The van der Waals surface area contributed by atoms with Gasteiger partial charge in [0.15, 0.2) is 6.10 Å². The maximum atomic E-state index is 12.9. The molecule has 1 atom stereocenters. The van der Waals surface area contributed by atoms with E-state index >= 15 is 0 Å². The average Bonchev–Trinajstić information content (AvgIpc) is 3.07. The van der Waals surface area contributed by atoms with E-state index in [9.17, 15) is 13.2 Å². The van der Waals surface area contributed by atoms with Crippen LogP contribution in [0.4, 0.5) is 10.8 Å². The first-order valence-corrected chi connectivity index (χ1v) is 12.4. The first-order chi connectivity index (χ1) is 14.7. The summed E-state index contributed by atoms with van der Waals surface area (Å²) in [6, 6.07) is 12.5. The molecule has 8 nitrogen and oxygen atoms in total. The second-order valence-corrected chi connectivity index (χ2v) is 10.4. The third-order valence-electron chi connectivity index (χ3n) is 4.70. The molecule has 0 radical (unpaired) electrons. The normalized spacial score (nSPS) is 16.2. The topological polar surface area (TPSA) is 101 Å². The predicted octanol–water partition coefficient (Wildman–Crippen LogP) is 3.72. The van der Waals surface area contributed by atoms with E-state index < -0.39 is 22.0 Å². The van der Waals surface area contributed by atoms with Crippen LogP contribution in [0.25, 0.3) is 10.6 Å². The second-order valence-electron chi connectivity index (χ2n) is 7.11. The number of carbonyl (C=O) groups is 1. The van der Waals surface area contributed by atoms with E-state index in [0.717, 1.165) is 17.4 Å². The summed E-state index contributed by atoms with van der Waals surface area (Å²) in [5.74, 6) is -0.159. The summed E-state index contributed by atoms with van der Waals surface area (Å²) < 4.78 is 31.6. The van der Waals surface area contributed by atoms with Gasteiger partial charge in [-0.1, -0.05) is 52.8 Å². The van der Waals surface area contributed by atoms with Gasteiger partial charge in [-0.3, -0.25) is 14.4 Å². The highest BCUT2D eigenvalue weighted by atomic mass is 35.5. The molecular weight excluding hydrogens is 460 g/mol. The van der Waals surface area contributed by atoms with Crippen molar-refractivity contribution in [1.82, 2.24) is 10.2 Å². The minimum atomic E-state index is -3.58. The van der Waals surface area contributed by atoms with Crippen molar-refractivity contribution in [2.24, 2.45) is 0 Å². The Bertz CT molecular complexity index is 1230. The summed E-state index contributed by atoms with van der Waals surface area (Å²) >= 11 is 7.29. The van der Waals surface area contributed by atoms with E-state index in [2.05, 4.69) is 15.5 Å². The Kier molecular flexibility index (Phi) is 5.87. The maximum Gasteiger partial charge on any atom is 0.267 e. The van der Waals surface area contributed by atoms with Gasteiger partial charge in [0, 0.05) is 23.6 Å². The van der Waals surface area contributed by atoms with Gasteiger partial charge >= 0.3 is 0 Å². The van der Waals surface area contributed by atoms with Gasteiger partial charge in [0.2, 0.25) is 15.2 Å². The van der Waals surface area contributed by atoms with Crippen molar-refractivity contribution in [1.29, 1.82) is 0 Å². The minimum absolute atomic E-state index is 0.0784. The zero-order valence-electron chi connectivity index (χ0n) is 16.7. The number of aromatic nitrogens is 2. The van der Waals surface area contributed by atoms with E-state index in [1.807, 2.05) is 31.2 Å². The molecule has 0 saturated carbocycles. The third-order valence-corrected chi connectivity index (χ3v) is 7.00. The number of ether oxygens (including phenoxy) is 1. The Hall–Kier alpha value is -2.69. The predicted molar refractivity (Wildman–Crippen MR) is 121 cm³/mol. The Morgan fingerprint density at radius 3 is 2.68 bits per heavy atom. The lowest BCUT2D eigenvalue weighted by Crippen LogP contribution is -2.35. The number of benzene rings is 2. The zero-order valence-corrected chi connectivity index (χ0v) is 19.1. The van der Waals surface area contributed by atoms with Crippen LogP contribution in [-0.2, 0) is 14.8 Å². The average molecular weight is 479 g/mol. The molecule has 1 aliphatic rings. The number of nitrogens with zero attached hydrogens (tertiary/aromatic N) is 3. The van der Waals surface area contributed by atoms with E-state index in [-0.39, 0.29) is 18.7 Å². The Labute approximate surface area is 188 Å². The molecule has 2 heterocycles. The van der Waals surface area contributed by atoms with Crippen molar-refractivity contribution >= 4 is 49.7 Å². The number of amides is 1. The lowest BCUT2D eigenvalue weighted by molar-refractivity contribution is -0.122. The molecule has 1 amide bonds. The Balaban J connectivity index is 1.53. The highest BCUT2D eigenvalue weighted by Gasteiger charge is 2.31. The molecule has 0 saturated heterocycles. The molecule has 2 aromatic carbocycles. The summed E-state index contributed by atoms with van der Waals surface area (Å²) in [5.41, 5.74) is 2.35. The quantitative estimate of drug-likeness (QED) is 0.613. The fourth-order valence-corrected chi connectivity index (χ4v) is 5.01. The van der Waals surface area contributed by atoms with Crippen LogP contribution in [0.15, 0.2) is 42.5 Å². The van der Waals surface area contributed by atoms with Crippen LogP contribution in [0.1, 0.15) is 12.0 Å². The number of rotatable bonds is 4. The number of anilines is 2. The number of nitrogens with one attached hydrogen (secondary N) is 1. The summed E-state index contributed by atoms with van der Waals surface area (Å²) in [6.45, 7) is 2.08. The van der Waals surface area contributed by atoms with E-state index in [1.165, 1.54) is 21.7 Å². The third kappa shape index (κ3) is 4.81. The number of hydrogen-bond donors (Lipinski definition) is 1. The van der Waals surface area contributed by atoms with Gasteiger partial charge in [-0.25, -0.2) is 8.42 Å². The monoisotopic (exact) mass is 478 g/mol. The number of halogens is 1. The molecule has 1 aliphatic heterocycles. The first kappa shape index (κ1) is 21.5. The molecule has 162 valence electrons. The van der Waals surface area contributed by atoms with E-state index in [0.29, 0.717) is 20.8 Å². The van der Waals surface area contributed by atoms with Crippen molar-refractivity contribution in [2.75, 3.05) is 22.4 Å². The molecule has 1 aromatic heterocycles. The van der Waals surface area contributed by atoms with Crippen LogP contribution in [0.2, 0.25) is 5.02 Å². The SMILES string of the molecule is Cc1ccc(-c2nnc(NC(=O)[C@@H]3CCN(S(C)(=O)=O)c4cc(Cl)ccc4O3)s2)cc1. The molecule has 3 aromatic rings. The molecule has 0 bridgehead atoms. The molecule has 0 aliphatic carbocycles. The van der Waals surface area contributed by atoms with Crippen molar-refractivity contribution in [2.45, 2.75) is 19.4 Å². The lowest BCUT2D eigenvalue weighted by atomic mass is 10.2. The Morgan fingerprint density at radius 2 is 1.97 bits per heavy atom. The Morgan fingerprint density at radius 1 is 1.23 bits per heavy atom. The highest BCUT2D eigenvalue weighted by Crippen LogP contribution is 2.36. The summed E-state index contributed by atoms with van der Waals surface area (Å²) in [4.78, 5) is 12.9. The lowest BCUT2D eigenvalue weighted by Gasteiger charge is -2.21. The van der Waals surface area contributed by atoms with Gasteiger partial charge in [0.1, 0.15) is 10.8 Å². The van der Waals surface area contributed by atoms with Crippen LogP contribution in [-0.4, -0.2) is 43.4 Å². The number of carbonyl (C=O) groups excluding carboxylic acids is 1.